The van der Waals surface area contributed by atoms with Gasteiger partial charge in [-0.25, -0.2) is 0 Å². The average Bonchev–Trinajstić information content (AvgIpc) is 3.19. The number of hydrogen-bond donors (Lipinski definition) is 0. The minimum absolute atomic E-state index is 0.594. The van der Waals surface area contributed by atoms with Crippen LogP contribution in [0.2, 0.25) is 0 Å². The van der Waals surface area contributed by atoms with Gasteiger partial charge in [-0.2, -0.15) is 0 Å². The molecule has 1 fully saturated rings. The summed E-state index contributed by atoms with van der Waals surface area (Å²) in [6, 6.07) is 6.84. The van der Waals surface area contributed by atoms with Crippen LogP contribution < -0.4 is 9.47 Å². The van der Waals surface area contributed by atoms with E-state index in [0.29, 0.717) is 6.04 Å². The quantitative estimate of drug-likeness (QED) is 0.820. The largest absolute Gasteiger partial charge is 0.493 e. The van der Waals surface area contributed by atoms with Gasteiger partial charge in [0.1, 0.15) is 6.26 Å². The third-order valence-corrected chi connectivity index (χ3v) is 5.62. The van der Waals surface area contributed by atoms with Gasteiger partial charge in [0, 0.05) is 38.3 Å². The Morgan fingerprint density at radius 1 is 1.15 bits per heavy atom. The first-order valence-electron chi connectivity index (χ1n) is 9.36. The van der Waals surface area contributed by atoms with E-state index in [4.69, 9.17) is 14.0 Å². The van der Waals surface area contributed by atoms with E-state index in [9.17, 15) is 0 Å². The van der Waals surface area contributed by atoms with Crippen molar-refractivity contribution in [3.8, 4) is 11.5 Å². The highest BCUT2D eigenvalue weighted by atomic mass is 16.5. The minimum atomic E-state index is 0.594. The third-order valence-electron chi connectivity index (χ3n) is 5.62. The smallest absolute Gasteiger partial charge is 0.161 e. The molecule has 140 valence electrons. The second kappa shape index (κ2) is 7.68. The zero-order valence-corrected chi connectivity index (χ0v) is 15.6. The molecule has 2 aliphatic rings. The topological polar surface area (TPSA) is 51.0 Å². The number of hydrogen-bond acceptors (Lipinski definition) is 6. The second-order valence-electron chi connectivity index (χ2n) is 7.22. The molecule has 26 heavy (non-hydrogen) atoms. The van der Waals surface area contributed by atoms with Gasteiger partial charge in [-0.05, 0) is 49.1 Å². The van der Waals surface area contributed by atoms with E-state index in [2.05, 4.69) is 27.1 Å². The average molecular weight is 357 g/mol. The van der Waals surface area contributed by atoms with Crippen molar-refractivity contribution in [2.45, 2.75) is 38.4 Å². The number of ether oxygens (including phenoxy) is 2. The van der Waals surface area contributed by atoms with Crippen molar-refractivity contribution in [1.82, 2.24) is 15.0 Å². The van der Waals surface area contributed by atoms with E-state index in [-0.39, 0.29) is 0 Å². The lowest BCUT2D eigenvalue weighted by Gasteiger charge is -2.41. The fraction of sp³-hybridized carbons (Fsp3) is 0.550. The van der Waals surface area contributed by atoms with E-state index in [1.54, 1.807) is 20.5 Å². The van der Waals surface area contributed by atoms with E-state index < -0.39 is 0 Å². The number of piperidine rings is 1. The lowest BCUT2D eigenvalue weighted by atomic mass is 9.95. The number of aromatic nitrogens is 1. The maximum absolute atomic E-state index is 5.49. The molecule has 1 saturated heterocycles. The number of nitrogens with zero attached hydrogens (tertiary/aromatic N) is 3. The number of benzene rings is 1. The zero-order chi connectivity index (χ0) is 17.9. The molecule has 0 spiro atoms. The maximum atomic E-state index is 5.49. The molecule has 0 bridgehead atoms. The molecule has 4 rings (SSSR count). The van der Waals surface area contributed by atoms with Crippen LogP contribution in [0.1, 0.15) is 29.7 Å². The highest BCUT2D eigenvalue weighted by molar-refractivity contribution is 5.48. The lowest BCUT2D eigenvalue weighted by molar-refractivity contribution is 0.0825. The SMILES string of the molecule is COc1cc2c(cc1OC)CN(C1CCCN(Cc3ccon3)C1)CC2. The van der Waals surface area contributed by atoms with E-state index in [1.165, 1.54) is 24.0 Å². The Labute approximate surface area is 154 Å². The molecular formula is C20H27N3O3. The summed E-state index contributed by atoms with van der Waals surface area (Å²) in [7, 11) is 3.40. The van der Waals surface area contributed by atoms with Gasteiger partial charge in [0.15, 0.2) is 11.5 Å². The highest BCUT2D eigenvalue weighted by Gasteiger charge is 2.29. The predicted octanol–water partition coefficient (Wildman–Crippen LogP) is 2.71. The molecule has 0 aliphatic carbocycles. The molecule has 1 atom stereocenters. The first kappa shape index (κ1) is 17.4. The van der Waals surface area contributed by atoms with Gasteiger partial charge in [-0.1, -0.05) is 5.16 Å². The van der Waals surface area contributed by atoms with Gasteiger partial charge >= 0.3 is 0 Å². The summed E-state index contributed by atoms with van der Waals surface area (Å²) in [6.45, 7) is 5.19. The fourth-order valence-electron chi connectivity index (χ4n) is 4.24. The molecule has 6 nitrogen and oxygen atoms in total. The van der Waals surface area contributed by atoms with Gasteiger partial charge in [0.05, 0.1) is 19.9 Å². The molecule has 1 aromatic heterocycles. The van der Waals surface area contributed by atoms with Crippen molar-refractivity contribution in [2.75, 3.05) is 33.9 Å². The number of likely N-dealkylation sites (tertiary alicyclic amines) is 1. The first-order chi connectivity index (χ1) is 12.8. The Kier molecular flexibility index (Phi) is 5.13. The molecule has 1 aromatic carbocycles. The van der Waals surface area contributed by atoms with Crippen LogP contribution in [0.3, 0.4) is 0 Å². The van der Waals surface area contributed by atoms with Crippen LogP contribution in [0.5, 0.6) is 11.5 Å². The Morgan fingerprint density at radius 3 is 2.69 bits per heavy atom. The minimum Gasteiger partial charge on any atom is -0.493 e. The summed E-state index contributed by atoms with van der Waals surface area (Å²) in [4.78, 5) is 5.12. The van der Waals surface area contributed by atoms with E-state index in [1.807, 2.05) is 6.07 Å². The second-order valence-corrected chi connectivity index (χ2v) is 7.22. The summed E-state index contributed by atoms with van der Waals surface area (Å²) in [6.07, 6.45) is 5.21. The molecular weight excluding hydrogens is 330 g/mol. The van der Waals surface area contributed by atoms with Crippen LogP contribution in [-0.4, -0.2) is 54.9 Å². The number of fused-ring (bicyclic) bond motifs is 1. The molecule has 2 aliphatic heterocycles. The van der Waals surface area contributed by atoms with Crippen LogP contribution in [0.4, 0.5) is 0 Å². The summed E-state index contributed by atoms with van der Waals surface area (Å²) >= 11 is 0. The molecule has 0 radical (unpaired) electrons. The van der Waals surface area contributed by atoms with Crippen molar-refractivity contribution in [3.63, 3.8) is 0 Å². The summed E-state index contributed by atoms with van der Waals surface area (Å²) < 4.78 is 15.9. The normalized spacial score (nSPS) is 21.4. The molecule has 6 heteroatoms. The Bertz CT molecular complexity index is 732. The van der Waals surface area contributed by atoms with Gasteiger partial charge in [0.25, 0.3) is 0 Å². The Morgan fingerprint density at radius 2 is 1.96 bits per heavy atom. The summed E-state index contributed by atoms with van der Waals surface area (Å²) in [5.74, 6) is 1.65. The van der Waals surface area contributed by atoms with Crippen molar-refractivity contribution >= 4 is 0 Å². The maximum Gasteiger partial charge on any atom is 0.161 e. The van der Waals surface area contributed by atoms with Crippen LogP contribution in [0.25, 0.3) is 0 Å². The van der Waals surface area contributed by atoms with Crippen molar-refractivity contribution < 1.29 is 14.0 Å². The monoisotopic (exact) mass is 357 g/mol. The molecule has 0 amide bonds. The fourth-order valence-corrected chi connectivity index (χ4v) is 4.24. The van der Waals surface area contributed by atoms with Crippen molar-refractivity contribution in [2.24, 2.45) is 0 Å². The van der Waals surface area contributed by atoms with Crippen LogP contribution in [-0.2, 0) is 19.5 Å². The van der Waals surface area contributed by atoms with Crippen LogP contribution in [0, 0.1) is 0 Å². The molecule has 3 heterocycles. The first-order valence-corrected chi connectivity index (χ1v) is 9.36. The molecule has 0 saturated carbocycles. The van der Waals surface area contributed by atoms with Crippen LogP contribution >= 0.6 is 0 Å². The molecule has 0 N–H and O–H groups in total. The third kappa shape index (κ3) is 3.57. The van der Waals surface area contributed by atoms with Crippen molar-refractivity contribution in [1.29, 1.82) is 0 Å². The van der Waals surface area contributed by atoms with E-state index >= 15 is 0 Å². The molecule has 2 aromatic rings. The highest BCUT2D eigenvalue weighted by Crippen LogP contribution is 2.34. The van der Waals surface area contributed by atoms with E-state index in [0.717, 1.165) is 56.3 Å². The van der Waals surface area contributed by atoms with Crippen molar-refractivity contribution in [3.05, 3.63) is 41.3 Å². The zero-order valence-electron chi connectivity index (χ0n) is 15.6. The predicted molar refractivity (Wildman–Crippen MR) is 98.5 cm³/mol. The lowest BCUT2D eigenvalue weighted by Crippen LogP contribution is -2.49. The Balaban J connectivity index is 1.44. The number of rotatable bonds is 5. The van der Waals surface area contributed by atoms with Gasteiger partial charge in [0.2, 0.25) is 0 Å². The van der Waals surface area contributed by atoms with Crippen LogP contribution in [0.15, 0.2) is 29.0 Å². The summed E-state index contributed by atoms with van der Waals surface area (Å²) in [5.41, 5.74) is 3.77. The van der Waals surface area contributed by atoms with Gasteiger partial charge < -0.3 is 14.0 Å². The number of methoxy groups -OCH3 is 2. The Hall–Kier alpha value is -2.05. The standard InChI is InChI=1S/C20H27N3O3/c1-24-19-10-15-5-8-23(12-16(15)11-20(19)25-2)18-4-3-7-22(14-18)13-17-6-9-26-21-17/h6,9-11,18H,3-5,7-8,12-14H2,1-2H3. The summed E-state index contributed by atoms with van der Waals surface area (Å²) in [5, 5.41) is 4.06. The van der Waals surface area contributed by atoms with Gasteiger partial charge in [-0.15, -0.1) is 0 Å². The molecule has 1 unspecified atom stereocenters. The van der Waals surface area contributed by atoms with Gasteiger partial charge in [-0.3, -0.25) is 9.80 Å².